The van der Waals surface area contributed by atoms with Crippen molar-refractivity contribution in [2.24, 2.45) is 11.3 Å². The van der Waals surface area contributed by atoms with Crippen LogP contribution in [0.3, 0.4) is 0 Å². The van der Waals surface area contributed by atoms with Crippen LogP contribution in [0.1, 0.15) is 47.0 Å². The molecule has 1 saturated carbocycles. The highest BCUT2D eigenvalue weighted by atomic mass is 16.1. The summed E-state index contributed by atoms with van der Waals surface area (Å²) in [5, 5.41) is 6.15. The number of carbonyl (C=O) groups is 1. The van der Waals surface area contributed by atoms with Gasteiger partial charge in [-0.2, -0.15) is 0 Å². The van der Waals surface area contributed by atoms with Crippen LogP contribution in [0, 0.1) is 11.3 Å². The molecule has 0 heterocycles. The highest BCUT2D eigenvalue weighted by Crippen LogP contribution is 2.41. The number of rotatable bonds is 6. The Morgan fingerprint density at radius 1 is 1.38 bits per heavy atom. The van der Waals surface area contributed by atoms with E-state index in [2.05, 4.69) is 24.5 Å². The first-order valence-corrected chi connectivity index (χ1v) is 6.42. The second-order valence-corrected chi connectivity index (χ2v) is 5.93. The largest absolute Gasteiger partial charge is 0.354 e. The lowest BCUT2D eigenvalue weighted by Gasteiger charge is -2.40. The van der Waals surface area contributed by atoms with Crippen LogP contribution in [-0.2, 0) is 4.79 Å². The van der Waals surface area contributed by atoms with E-state index in [1.807, 2.05) is 13.8 Å². The molecule has 2 N–H and O–H groups in total. The monoisotopic (exact) mass is 226 g/mol. The third-order valence-electron chi connectivity index (χ3n) is 3.62. The first-order valence-electron chi connectivity index (χ1n) is 6.42. The maximum absolute atomic E-state index is 11.5. The van der Waals surface area contributed by atoms with Crippen molar-refractivity contribution < 1.29 is 4.79 Å². The lowest BCUT2D eigenvalue weighted by molar-refractivity contribution is -0.121. The second-order valence-electron chi connectivity index (χ2n) is 5.93. The number of carbonyl (C=O) groups excluding carboxylic acids is 1. The molecule has 1 rings (SSSR count). The summed E-state index contributed by atoms with van der Waals surface area (Å²) in [6.45, 7) is 9.84. The minimum absolute atomic E-state index is 0.112. The average Bonchev–Trinajstić information content (AvgIpc) is 2.08. The van der Waals surface area contributed by atoms with E-state index in [1.54, 1.807) is 0 Å². The fourth-order valence-corrected chi connectivity index (χ4v) is 2.02. The van der Waals surface area contributed by atoms with Gasteiger partial charge in [-0.3, -0.25) is 4.79 Å². The van der Waals surface area contributed by atoms with Crippen LogP contribution >= 0.6 is 0 Å². The Balaban J connectivity index is 2.19. The summed E-state index contributed by atoms with van der Waals surface area (Å²) in [5.74, 6) is 0.909. The van der Waals surface area contributed by atoms with Crippen LogP contribution in [0.5, 0.6) is 0 Å². The molecule has 1 fully saturated rings. The zero-order chi connectivity index (χ0) is 12.2. The van der Waals surface area contributed by atoms with Crippen molar-refractivity contribution in [2.75, 3.05) is 13.1 Å². The third-order valence-corrected chi connectivity index (χ3v) is 3.62. The van der Waals surface area contributed by atoms with Gasteiger partial charge in [0, 0.05) is 12.6 Å². The Morgan fingerprint density at radius 2 is 2.00 bits per heavy atom. The van der Waals surface area contributed by atoms with Crippen LogP contribution < -0.4 is 10.6 Å². The van der Waals surface area contributed by atoms with Crippen molar-refractivity contribution in [2.45, 2.75) is 53.0 Å². The molecule has 0 unspecified atom stereocenters. The van der Waals surface area contributed by atoms with Crippen molar-refractivity contribution >= 4 is 5.91 Å². The molecule has 0 bridgehead atoms. The molecule has 1 aliphatic carbocycles. The van der Waals surface area contributed by atoms with E-state index in [-0.39, 0.29) is 11.3 Å². The molecule has 1 aliphatic rings. The van der Waals surface area contributed by atoms with E-state index < -0.39 is 0 Å². The van der Waals surface area contributed by atoms with Crippen LogP contribution in [0.15, 0.2) is 0 Å². The molecular formula is C13H26N2O. The Bertz CT molecular complexity index is 232. The van der Waals surface area contributed by atoms with Crippen molar-refractivity contribution in [1.82, 2.24) is 10.6 Å². The summed E-state index contributed by atoms with van der Waals surface area (Å²) in [5.41, 5.74) is 0.256. The lowest BCUT2D eigenvalue weighted by Crippen LogP contribution is -2.44. The molecule has 0 aromatic rings. The fraction of sp³-hybridized carbons (Fsp3) is 0.923. The highest BCUT2D eigenvalue weighted by molar-refractivity contribution is 5.78. The van der Waals surface area contributed by atoms with Gasteiger partial charge in [-0.25, -0.2) is 0 Å². The van der Waals surface area contributed by atoms with Crippen molar-refractivity contribution in [3.8, 4) is 0 Å². The third kappa shape index (κ3) is 4.12. The summed E-state index contributed by atoms with van der Waals surface area (Å²) in [6, 6.07) is 0.366. The molecule has 0 atom stereocenters. The Kier molecular flexibility index (Phi) is 4.78. The summed E-state index contributed by atoms with van der Waals surface area (Å²) in [4.78, 5) is 11.5. The molecule has 1 amide bonds. The Morgan fingerprint density at radius 3 is 2.44 bits per heavy atom. The SMILES string of the molecule is CC(C)NCC(=O)NCC(C)(C)C1CCC1. The predicted molar refractivity (Wildman–Crippen MR) is 67.3 cm³/mol. The molecular weight excluding hydrogens is 200 g/mol. The number of hydrogen-bond acceptors (Lipinski definition) is 2. The fourth-order valence-electron chi connectivity index (χ4n) is 2.02. The highest BCUT2D eigenvalue weighted by Gasteiger charge is 2.33. The van der Waals surface area contributed by atoms with Crippen molar-refractivity contribution in [3.05, 3.63) is 0 Å². The van der Waals surface area contributed by atoms with Gasteiger partial charge in [-0.1, -0.05) is 34.1 Å². The van der Waals surface area contributed by atoms with Crippen LogP contribution in [0.25, 0.3) is 0 Å². The van der Waals surface area contributed by atoms with Gasteiger partial charge < -0.3 is 10.6 Å². The molecule has 0 radical (unpaired) electrons. The summed E-state index contributed by atoms with van der Waals surface area (Å²) >= 11 is 0. The lowest BCUT2D eigenvalue weighted by atomic mass is 9.67. The maximum atomic E-state index is 11.5. The summed E-state index contributed by atoms with van der Waals surface area (Å²) < 4.78 is 0. The molecule has 94 valence electrons. The number of amides is 1. The topological polar surface area (TPSA) is 41.1 Å². The first kappa shape index (κ1) is 13.5. The van der Waals surface area contributed by atoms with Crippen LogP contribution in [0.2, 0.25) is 0 Å². The zero-order valence-corrected chi connectivity index (χ0v) is 11.1. The minimum atomic E-state index is 0.112. The molecule has 16 heavy (non-hydrogen) atoms. The van der Waals surface area contributed by atoms with Gasteiger partial charge in [0.1, 0.15) is 0 Å². The first-order chi connectivity index (χ1) is 7.42. The van der Waals surface area contributed by atoms with Gasteiger partial charge in [0.15, 0.2) is 0 Å². The summed E-state index contributed by atoms with van der Waals surface area (Å²) in [7, 11) is 0. The molecule has 3 heteroatoms. The van der Waals surface area contributed by atoms with Gasteiger partial charge in [0.2, 0.25) is 5.91 Å². The molecule has 0 saturated heterocycles. The number of nitrogens with one attached hydrogen (secondary N) is 2. The average molecular weight is 226 g/mol. The zero-order valence-electron chi connectivity index (χ0n) is 11.1. The van der Waals surface area contributed by atoms with Crippen LogP contribution in [0.4, 0.5) is 0 Å². The van der Waals surface area contributed by atoms with Gasteiger partial charge >= 0.3 is 0 Å². The molecule has 0 spiro atoms. The Hall–Kier alpha value is -0.570. The van der Waals surface area contributed by atoms with Crippen LogP contribution in [-0.4, -0.2) is 25.0 Å². The molecule has 3 nitrogen and oxygen atoms in total. The molecule has 0 aromatic carbocycles. The van der Waals surface area contributed by atoms with Gasteiger partial charge in [0.25, 0.3) is 0 Å². The summed E-state index contributed by atoms with van der Waals surface area (Å²) in [6.07, 6.45) is 4.01. The van der Waals surface area contributed by atoms with E-state index in [0.717, 1.165) is 12.5 Å². The second kappa shape index (κ2) is 5.67. The smallest absolute Gasteiger partial charge is 0.233 e. The number of hydrogen-bond donors (Lipinski definition) is 2. The van der Waals surface area contributed by atoms with E-state index in [1.165, 1.54) is 19.3 Å². The normalized spacial score (nSPS) is 17.3. The molecule has 0 aromatic heterocycles. The van der Waals surface area contributed by atoms with Gasteiger partial charge in [-0.05, 0) is 24.2 Å². The van der Waals surface area contributed by atoms with E-state index in [9.17, 15) is 4.79 Å². The van der Waals surface area contributed by atoms with Crippen molar-refractivity contribution in [1.29, 1.82) is 0 Å². The van der Waals surface area contributed by atoms with Gasteiger partial charge in [-0.15, -0.1) is 0 Å². The van der Waals surface area contributed by atoms with Gasteiger partial charge in [0.05, 0.1) is 6.54 Å². The minimum Gasteiger partial charge on any atom is -0.354 e. The van der Waals surface area contributed by atoms with E-state index in [4.69, 9.17) is 0 Å². The quantitative estimate of drug-likeness (QED) is 0.726. The predicted octanol–water partition coefficient (Wildman–Crippen LogP) is 1.93. The van der Waals surface area contributed by atoms with Crippen molar-refractivity contribution in [3.63, 3.8) is 0 Å². The molecule has 0 aliphatic heterocycles. The maximum Gasteiger partial charge on any atom is 0.233 e. The standard InChI is InChI=1S/C13H26N2O/c1-10(2)14-8-12(16)15-9-13(3,4)11-6-5-7-11/h10-11,14H,5-9H2,1-4H3,(H,15,16). The van der Waals surface area contributed by atoms with E-state index in [0.29, 0.717) is 12.6 Å². The van der Waals surface area contributed by atoms with E-state index >= 15 is 0 Å². The Labute approximate surface area is 99.4 Å².